The number of ether oxygens (including phenoxy) is 3. The van der Waals surface area contributed by atoms with Gasteiger partial charge in [0.2, 0.25) is 11.8 Å². The quantitative estimate of drug-likeness (QED) is 0.104. The van der Waals surface area contributed by atoms with Crippen LogP contribution in [0.1, 0.15) is 43.7 Å². The summed E-state index contributed by atoms with van der Waals surface area (Å²) in [7, 11) is 0. The van der Waals surface area contributed by atoms with Crippen molar-refractivity contribution in [2.75, 3.05) is 19.8 Å². The molecule has 3 aliphatic heterocycles. The van der Waals surface area contributed by atoms with E-state index in [0.29, 0.717) is 15.3 Å². The van der Waals surface area contributed by atoms with Gasteiger partial charge in [-0.25, -0.2) is 0 Å². The summed E-state index contributed by atoms with van der Waals surface area (Å²) in [6, 6.07) is 8.38. The number of thiophene rings is 1. The van der Waals surface area contributed by atoms with Crippen LogP contribution in [-0.2, 0) is 33.4 Å². The topological polar surface area (TPSA) is 99.2 Å². The van der Waals surface area contributed by atoms with Gasteiger partial charge in [-0.3, -0.25) is 24.1 Å². The van der Waals surface area contributed by atoms with E-state index in [1.165, 1.54) is 41.5 Å². The molecule has 1 aliphatic carbocycles. The van der Waals surface area contributed by atoms with Crippen LogP contribution >= 0.6 is 43.2 Å². The van der Waals surface area contributed by atoms with Gasteiger partial charge in [0.05, 0.1) is 24.5 Å². The first-order valence-corrected chi connectivity index (χ1v) is 18.7. The second kappa shape index (κ2) is 12.8. The van der Waals surface area contributed by atoms with Gasteiger partial charge < -0.3 is 14.2 Å². The third-order valence-corrected chi connectivity index (χ3v) is 11.8. The van der Waals surface area contributed by atoms with Crippen LogP contribution in [0.15, 0.2) is 47.6 Å². The molecule has 53 heavy (non-hydrogen) atoms. The molecule has 4 unspecified atom stereocenters. The zero-order valence-corrected chi connectivity index (χ0v) is 33.0. The monoisotopic (exact) mass is 895 g/mol. The lowest BCUT2D eigenvalue weighted by molar-refractivity contribution is -0.259. The lowest BCUT2D eigenvalue weighted by Gasteiger charge is -2.30. The number of rotatable bonds is 10. The van der Waals surface area contributed by atoms with E-state index in [4.69, 9.17) is 14.2 Å². The first kappa shape index (κ1) is 39.7. The molecule has 6 rings (SSSR count). The Morgan fingerprint density at radius 3 is 2.04 bits per heavy atom. The molecule has 2 bridgehead atoms. The molecule has 0 saturated carbocycles. The molecule has 2 saturated heterocycles. The van der Waals surface area contributed by atoms with Crippen LogP contribution in [0.2, 0.25) is 0 Å². The van der Waals surface area contributed by atoms with Crippen molar-refractivity contribution in [2.45, 2.75) is 79.7 Å². The minimum atomic E-state index is -5.92. The van der Waals surface area contributed by atoms with Crippen molar-refractivity contribution in [2.24, 2.45) is 11.8 Å². The number of carbonyl (C=O) groups excluding carboxylic acids is 4. The Morgan fingerprint density at radius 1 is 0.887 bits per heavy atom. The number of amides is 2. The Hall–Kier alpha value is -3.02. The van der Waals surface area contributed by atoms with Crippen molar-refractivity contribution < 1.29 is 59.7 Å². The number of esters is 2. The van der Waals surface area contributed by atoms with E-state index in [1.54, 1.807) is 30.3 Å². The number of imide groups is 1. The third kappa shape index (κ3) is 5.93. The first-order valence-electron chi connectivity index (χ1n) is 16.3. The summed E-state index contributed by atoms with van der Waals surface area (Å²) >= 11 is 7.25. The van der Waals surface area contributed by atoms with Crippen LogP contribution in [0.3, 0.4) is 0 Å². The second-order valence-electron chi connectivity index (χ2n) is 14.4. The zero-order chi connectivity index (χ0) is 39.4. The molecule has 2 amide bonds. The Morgan fingerprint density at radius 2 is 1.45 bits per heavy atom. The van der Waals surface area contributed by atoms with Crippen molar-refractivity contribution >= 4 is 72.5 Å². The summed E-state index contributed by atoms with van der Waals surface area (Å²) in [5.41, 5.74) is -6.26. The maximum absolute atomic E-state index is 16.2. The van der Waals surface area contributed by atoms with Crippen molar-refractivity contribution in [3.05, 3.63) is 63.6 Å². The van der Waals surface area contributed by atoms with Gasteiger partial charge in [-0.2, -0.15) is 26.3 Å². The minimum absolute atomic E-state index is 0.0598. The highest BCUT2D eigenvalue weighted by Crippen LogP contribution is 2.68. The molecule has 4 aliphatic rings. The molecule has 8 nitrogen and oxygen atoms in total. The van der Waals surface area contributed by atoms with Crippen molar-refractivity contribution in [1.29, 1.82) is 0 Å². The number of aryl methyl sites for hydroxylation is 1. The van der Waals surface area contributed by atoms with E-state index in [9.17, 15) is 19.2 Å². The summed E-state index contributed by atoms with van der Waals surface area (Å²) in [5.74, 6) is -23.5. The number of likely N-dealkylation sites (tertiary alicyclic amines) is 1. The molecular weight excluding hydrogens is 864 g/mol. The van der Waals surface area contributed by atoms with Crippen molar-refractivity contribution in [1.82, 2.24) is 4.90 Å². The summed E-state index contributed by atoms with van der Waals surface area (Å²) in [4.78, 5) is 54.1. The van der Waals surface area contributed by atoms with Gasteiger partial charge in [-0.1, -0.05) is 62.2 Å². The minimum Gasteiger partial charge on any atom is -0.463 e. The average molecular weight is 898 g/mol. The molecule has 2 aromatic rings. The predicted octanol–water partition coefficient (Wildman–Crippen LogP) is 7.82. The van der Waals surface area contributed by atoms with Crippen LogP contribution in [-0.4, -0.2) is 86.5 Å². The van der Waals surface area contributed by atoms with Gasteiger partial charge in [0, 0.05) is 26.5 Å². The van der Waals surface area contributed by atoms with Crippen LogP contribution < -0.4 is 0 Å². The van der Waals surface area contributed by atoms with Crippen LogP contribution in [0.25, 0.3) is 16.0 Å². The lowest BCUT2D eigenvalue weighted by atomic mass is 9.72. The fourth-order valence-electron chi connectivity index (χ4n) is 7.35. The Balaban J connectivity index is 1.51. The van der Waals surface area contributed by atoms with Gasteiger partial charge in [0.1, 0.15) is 27.5 Å². The second-order valence-corrected chi connectivity index (χ2v) is 19.6. The van der Waals surface area contributed by atoms with E-state index < -0.39 is 116 Å². The van der Waals surface area contributed by atoms with E-state index in [-0.39, 0.29) is 10.4 Å². The van der Waals surface area contributed by atoms with E-state index in [2.05, 4.69) is 31.9 Å². The highest BCUT2D eigenvalue weighted by molar-refractivity contribution is 9.10. The summed E-state index contributed by atoms with van der Waals surface area (Å²) < 4.78 is 110. The highest BCUT2D eigenvalue weighted by atomic mass is 79.9. The van der Waals surface area contributed by atoms with Crippen LogP contribution in [0, 0.1) is 25.7 Å². The van der Waals surface area contributed by atoms with Crippen molar-refractivity contribution in [3.63, 3.8) is 0 Å². The maximum Gasteiger partial charge on any atom is 0.380 e. The number of benzene rings is 1. The maximum atomic E-state index is 16.2. The molecule has 286 valence electrons. The molecule has 1 aromatic carbocycles. The van der Waals surface area contributed by atoms with E-state index in [0.717, 1.165) is 17.4 Å². The number of allylic oxidation sites excluding steroid dienone is 1. The summed E-state index contributed by atoms with van der Waals surface area (Å²) in [6.45, 7) is 6.83. The fraction of sp³-hybridized carbons (Fsp3) is 0.500. The highest BCUT2D eigenvalue weighted by Gasteiger charge is 2.82. The number of hydrogen-bond acceptors (Lipinski definition) is 8. The summed E-state index contributed by atoms with van der Waals surface area (Å²) in [6.07, 6.45) is -1.04. The van der Waals surface area contributed by atoms with E-state index >= 15 is 26.3 Å². The molecule has 1 aromatic heterocycles. The van der Waals surface area contributed by atoms with Crippen LogP contribution in [0.5, 0.6) is 0 Å². The SMILES string of the molecule is Cc1sc(-c2ccccc2)c(C)c1C1=C(C2=CC3(COC(=O)C(C)(C)Br)OC2C2C(=O)N(CCOC(=O)C(C)(C)Br)C(=O)C23)C(F)(F)C(F)(F)C1(F)F. The summed E-state index contributed by atoms with van der Waals surface area (Å²) in [5, 5.41) is 0. The van der Waals surface area contributed by atoms with Gasteiger partial charge in [-0.15, -0.1) is 11.3 Å². The fourth-order valence-corrected chi connectivity index (χ4v) is 8.75. The molecule has 0 spiro atoms. The standard InChI is InChI=1S/C36H33Br2F6NO7S/c1-16-20(17(2)53-26(16)18-10-8-7-9-11-18)23-22(34(39,40)36(43,44)35(23,41)42)19-14-33(15-51-30(49)32(5,6)38)24-21(25(19)52-33)27(46)45(28(24)47)12-13-50-29(48)31(3,4)37/h7-11,14,21,24-25H,12-13,15H2,1-6H3. The van der Waals surface area contributed by atoms with Gasteiger partial charge >= 0.3 is 29.7 Å². The molecule has 0 N–H and O–H groups in total. The normalized spacial score (nSPS) is 27.0. The van der Waals surface area contributed by atoms with Gasteiger partial charge in [0.15, 0.2) is 0 Å². The average Bonchev–Trinajstić information content (AvgIpc) is 3.77. The first-order chi connectivity index (χ1) is 24.3. The number of carbonyl (C=O) groups is 4. The molecular formula is C36H33Br2F6NO7S. The number of nitrogens with zero attached hydrogens (tertiary/aromatic N) is 1. The Kier molecular flexibility index (Phi) is 9.55. The molecule has 0 radical (unpaired) electrons. The molecule has 2 fully saturated rings. The van der Waals surface area contributed by atoms with Crippen LogP contribution in [0.4, 0.5) is 26.3 Å². The van der Waals surface area contributed by atoms with E-state index in [1.807, 2.05) is 0 Å². The number of fused-ring (bicyclic) bond motifs is 5. The van der Waals surface area contributed by atoms with Gasteiger partial charge in [-0.05, 0) is 64.3 Å². The lowest BCUT2D eigenvalue weighted by Crippen LogP contribution is -2.49. The third-order valence-electron chi connectivity index (χ3n) is 9.86. The Labute approximate surface area is 321 Å². The molecule has 17 heteroatoms. The Bertz CT molecular complexity index is 1980. The smallest absolute Gasteiger partial charge is 0.380 e. The molecule has 4 heterocycles. The predicted molar refractivity (Wildman–Crippen MR) is 188 cm³/mol. The number of hydrogen-bond donors (Lipinski definition) is 0. The number of halogens is 8. The van der Waals surface area contributed by atoms with Gasteiger partial charge in [0.25, 0.3) is 0 Å². The zero-order valence-electron chi connectivity index (χ0n) is 29.1. The molecule has 4 atom stereocenters. The largest absolute Gasteiger partial charge is 0.463 e. The van der Waals surface area contributed by atoms with Crippen molar-refractivity contribution in [3.8, 4) is 10.4 Å². The number of alkyl halides is 8.